The third-order valence-electron chi connectivity index (χ3n) is 3.82. The van der Waals surface area contributed by atoms with Gasteiger partial charge < -0.3 is 14.2 Å². The van der Waals surface area contributed by atoms with Crippen LogP contribution in [0, 0.1) is 10.8 Å². The Morgan fingerprint density at radius 3 is 2.36 bits per heavy atom. The number of carbonyl (C=O) groups is 2. The maximum atomic E-state index is 11.8. The largest absolute Gasteiger partial charge is 0.466 e. The Morgan fingerprint density at radius 1 is 1.00 bits per heavy atom. The van der Waals surface area contributed by atoms with Gasteiger partial charge in [-0.25, -0.2) is 4.68 Å². The summed E-state index contributed by atoms with van der Waals surface area (Å²) in [4.78, 5) is 23.4. The van der Waals surface area contributed by atoms with E-state index < -0.39 is 5.41 Å². The lowest BCUT2D eigenvalue weighted by Crippen LogP contribution is -2.24. The second kappa shape index (κ2) is 11.1. The zero-order valence-corrected chi connectivity index (χ0v) is 18.1. The summed E-state index contributed by atoms with van der Waals surface area (Å²) in [6.45, 7) is 13.8. The van der Waals surface area contributed by atoms with E-state index in [-0.39, 0.29) is 24.0 Å². The fraction of sp³-hybridized carbons (Fsp3) is 0.800. The molecule has 0 aliphatic heterocycles. The first-order chi connectivity index (χ1) is 13.0. The Labute approximate surface area is 167 Å². The van der Waals surface area contributed by atoms with Crippen molar-refractivity contribution in [3.05, 3.63) is 11.9 Å². The van der Waals surface area contributed by atoms with Gasteiger partial charge in [-0.05, 0) is 32.6 Å². The second-order valence-electron chi connectivity index (χ2n) is 9.00. The van der Waals surface area contributed by atoms with Crippen LogP contribution in [0.25, 0.3) is 0 Å². The van der Waals surface area contributed by atoms with E-state index in [1.165, 1.54) is 0 Å². The molecule has 1 heterocycles. The highest BCUT2D eigenvalue weighted by atomic mass is 16.6. The number of esters is 2. The smallest absolute Gasteiger partial charge is 0.311 e. The molecule has 1 aromatic rings. The molecule has 0 aliphatic rings. The molecule has 0 saturated carbocycles. The van der Waals surface area contributed by atoms with Gasteiger partial charge in [-0.1, -0.05) is 26.0 Å². The number of aryl methyl sites for hydroxylation is 1. The topological polar surface area (TPSA) is 92.5 Å². The van der Waals surface area contributed by atoms with Gasteiger partial charge in [-0.15, -0.1) is 5.10 Å². The lowest BCUT2D eigenvalue weighted by molar-refractivity contribution is -0.154. The molecular weight excluding hydrogens is 362 g/mol. The van der Waals surface area contributed by atoms with Gasteiger partial charge in [0.1, 0.15) is 6.61 Å². The molecule has 0 amide bonds. The monoisotopic (exact) mass is 397 g/mol. The van der Waals surface area contributed by atoms with Crippen molar-refractivity contribution in [2.24, 2.45) is 10.8 Å². The highest BCUT2D eigenvalue weighted by Crippen LogP contribution is 2.18. The number of carbonyl (C=O) groups excluding carboxylic acids is 2. The summed E-state index contributed by atoms with van der Waals surface area (Å²) in [5, 5.41) is 8.07. The molecular formula is C20H35N3O5. The third-order valence-corrected chi connectivity index (χ3v) is 3.82. The van der Waals surface area contributed by atoms with E-state index in [0.717, 1.165) is 12.1 Å². The van der Waals surface area contributed by atoms with E-state index >= 15 is 0 Å². The molecule has 8 nitrogen and oxygen atoms in total. The fourth-order valence-corrected chi connectivity index (χ4v) is 2.01. The Kier molecular flexibility index (Phi) is 9.58. The minimum Gasteiger partial charge on any atom is -0.466 e. The summed E-state index contributed by atoms with van der Waals surface area (Å²) in [6.07, 6.45) is 3.42. The molecule has 1 rings (SSSR count). The van der Waals surface area contributed by atoms with Crippen LogP contribution < -0.4 is 0 Å². The number of nitrogens with zero attached hydrogens (tertiary/aromatic N) is 3. The Hall–Kier alpha value is -1.96. The summed E-state index contributed by atoms with van der Waals surface area (Å²) in [6, 6.07) is 0. The second-order valence-corrected chi connectivity index (χ2v) is 9.00. The van der Waals surface area contributed by atoms with Crippen molar-refractivity contribution in [3.8, 4) is 0 Å². The van der Waals surface area contributed by atoms with Crippen molar-refractivity contribution in [1.82, 2.24) is 15.0 Å². The van der Waals surface area contributed by atoms with Crippen molar-refractivity contribution in [2.75, 3.05) is 26.4 Å². The van der Waals surface area contributed by atoms with E-state index in [0.29, 0.717) is 39.2 Å². The van der Waals surface area contributed by atoms with Crippen LogP contribution in [0.5, 0.6) is 0 Å². The Balaban J connectivity index is 2.14. The number of hydrogen-bond acceptors (Lipinski definition) is 7. The van der Waals surface area contributed by atoms with E-state index in [1.807, 2.05) is 20.8 Å². The molecule has 28 heavy (non-hydrogen) atoms. The molecule has 0 radical (unpaired) electrons. The van der Waals surface area contributed by atoms with Crippen LogP contribution in [0.2, 0.25) is 0 Å². The van der Waals surface area contributed by atoms with Crippen LogP contribution in [0.3, 0.4) is 0 Å². The van der Waals surface area contributed by atoms with Gasteiger partial charge in [0.25, 0.3) is 0 Å². The predicted octanol–water partition coefficient (Wildman–Crippen LogP) is 2.80. The first-order valence-electron chi connectivity index (χ1n) is 9.77. The van der Waals surface area contributed by atoms with Crippen molar-refractivity contribution in [2.45, 2.75) is 67.3 Å². The van der Waals surface area contributed by atoms with Crippen LogP contribution in [0.4, 0.5) is 0 Å². The molecule has 8 heteroatoms. The van der Waals surface area contributed by atoms with Gasteiger partial charge in [-0.3, -0.25) is 9.59 Å². The summed E-state index contributed by atoms with van der Waals surface area (Å²) < 4.78 is 17.5. The molecule has 0 unspecified atom stereocenters. The van der Waals surface area contributed by atoms with Gasteiger partial charge >= 0.3 is 11.9 Å². The molecule has 0 aliphatic carbocycles. The molecule has 0 spiro atoms. The summed E-state index contributed by atoms with van der Waals surface area (Å²) in [5.74, 6) is -0.458. The van der Waals surface area contributed by atoms with Gasteiger partial charge in [0, 0.05) is 12.6 Å². The van der Waals surface area contributed by atoms with Crippen molar-refractivity contribution in [3.63, 3.8) is 0 Å². The maximum Gasteiger partial charge on any atom is 0.311 e. The molecule has 1 aromatic heterocycles. The van der Waals surface area contributed by atoms with Crippen LogP contribution in [-0.2, 0) is 36.8 Å². The third kappa shape index (κ3) is 11.0. The molecule has 0 bridgehead atoms. The Bertz CT molecular complexity index is 614. The summed E-state index contributed by atoms with van der Waals surface area (Å²) >= 11 is 0. The van der Waals surface area contributed by atoms with Crippen molar-refractivity contribution >= 4 is 11.9 Å². The first kappa shape index (κ1) is 24.1. The van der Waals surface area contributed by atoms with E-state index in [1.54, 1.807) is 10.9 Å². The summed E-state index contributed by atoms with van der Waals surface area (Å²) in [7, 11) is 0. The fourth-order valence-electron chi connectivity index (χ4n) is 2.01. The lowest BCUT2D eigenvalue weighted by atomic mass is 9.93. The van der Waals surface area contributed by atoms with Gasteiger partial charge in [0.15, 0.2) is 0 Å². The first-order valence-corrected chi connectivity index (χ1v) is 9.77. The molecule has 0 N–H and O–H groups in total. The quantitative estimate of drug-likeness (QED) is 0.419. The normalized spacial score (nSPS) is 12.1. The Morgan fingerprint density at radius 2 is 1.71 bits per heavy atom. The summed E-state index contributed by atoms with van der Waals surface area (Å²) in [5.41, 5.74) is 0.391. The number of hydrogen-bond donors (Lipinski definition) is 0. The minimum absolute atomic E-state index is 0.152. The standard InChI is InChI=1S/C20H35N3O5/c1-19(2,3)9-11-27-17(24)8-7-16-15-23(22-21-16)10-12-26-13-14-28-18(25)20(4,5)6/h15H,7-14H2,1-6H3. The van der Waals surface area contributed by atoms with Crippen LogP contribution in [0.1, 0.15) is 60.1 Å². The molecule has 160 valence electrons. The highest BCUT2D eigenvalue weighted by molar-refractivity contribution is 5.75. The number of rotatable bonds is 11. The average molecular weight is 398 g/mol. The van der Waals surface area contributed by atoms with Crippen LogP contribution >= 0.6 is 0 Å². The highest BCUT2D eigenvalue weighted by Gasteiger charge is 2.22. The van der Waals surface area contributed by atoms with Crippen LogP contribution in [-0.4, -0.2) is 53.4 Å². The predicted molar refractivity (Wildman–Crippen MR) is 105 cm³/mol. The minimum atomic E-state index is -0.504. The van der Waals surface area contributed by atoms with E-state index in [9.17, 15) is 9.59 Å². The van der Waals surface area contributed by atoms with Gasteiger partial charge in [0.2, 0.25) is 0 Å². The number of aromatic nitrogens is 3. The zero-order chi connectivity index (χ0) is 21.2. The maximum absolute atomic E-state index is 11.8. The lowest BCUT2D eigenvalue weighted by Gasteiger charge is -2.17. The molecule has 0 saturated heterocycles. The van der Waals surface area contributed by atoms with E-state index in [2.05, 4.69) is 31.1 Å². The van der Waals surface area contributed by atoms with Crippen LogP contribution in [0.15, 0.2) is 6.20 Å². The van der Waals surface area contributed by atoms with Crippen molar-refractivity contribution in [1.29, 1.82) is 0 Å². The van der Waals surface area contributed by atoms with E-state index in [4.69, 9.17) is 14.2 Å². The zero-order valence-electron chi connectivity index (χ0n) is 18.1. The SMILES string of the molecule is CC(C)(C)CCOC(=O)CCc1cn(CCOCCOC(=O)C(C)(C)C)nn1. The molecule has 0 atom stereocenters. The van der Waals surface area contributed by atoms with Gasteiger partial charge in [-0.2, -0.15) is 0 Å². The van der Waals surface area contributed by atoms with Gasteiger partial charge in [0.05, 0.1) is 43.9 Å². The molecule has 0 fully saturated rings. The number of ether oxygens (including phenoxy) is 3. The van der Waals surface area contributed by atoms with Crippen molar-refractivity contribution < 1.29 is 23.8 Å². The molecule has 0 aromatic carbocycles. The average Bonchev–Trinajstić information content (AvgIpc) is 3.01.